The van der Waals surface area contributed by atoms with Crippen LogP contribution >= 0.6 is 15.9 Å². The summed E-state index contributed by atoms with van der Waals surface area (Å²) in [5.41, 5.74) is 3.16. The van der Waals surface area contributed by atoms with Gasteiger partial charge in [0.15, 0.2) is 23.0 Å². The van der Waals surface area contributed by atoms with Crippen LogP contribution in [0.15, 0.2) is 53.0 Å². The number of nitrogens with zero attached hydrogens (tertiary/aromatic N) is 2. The molecule has 0 aromatic heterocycles. The number of ether oxygens (including phenoxy) is 4. The largest absolute Gasteiger partial charge is 0.493 e. The maximum Gasteiger partial charge on any atom is 0.269 e. The third-order valence-corrected chi connectivity index (χ3v) is 7.22. The fourth-order valence-corrected chi connectivity index (χ4v) is 5.14. The molecule has 0 bridgehead atoms. The lowest BCUT2D eigenvalue weighted by atomic mass is 9.87. The van der Waals surface area contributed by atoms with E-state index in [1.165, 1.54) is 12.1 Å². The Balaban J connectivity index is 1.79. The molecule has 0 fully saturated rings. The fourth-order valence-electron chi connectivity index (χ4n) is 4.68. The zero-order chi connectivity index (χ0) is 26.7. The Kier molecular flexibility index (Phi) is 7.87. The molecule has 1 heterocycles. The number of non-ortho nitro benzene ring substituents is 1. The van der Waals surface area contributed by atoms with Crippen molar-refractivity contribution >= 4 is 27.5 Å². The molecule has 194 valence electrons. The van der Waals surface area contributed by atoms with E-state index in [2.05, 4.69) is 15.9 Å². The zero-order valence-electron chi connectivity index (χ0n) is 20.9. The van der Waals surface area contributed by atoms with Crippen LogP contribution in [0.4, 0.5) is 5.69 Å². The van der Waals surface area contributed by atoms with Gasteiger partial charge in [-0.3, -0.25) is 14.9 Å². The molecular formula is C27H27BrN2O7. The smallest absolute Gasteiger partial charge is 0.269 e. The van der Waals surface area contributed by atoms with Crippen molar-refractivity contribution in [3.63, 3.8) is 0 Å². The first-order valence-electron chi connectivity index (χ1n) is 11.5. The molecule has 1 aliphatic heterocycles. The number of carbonyl (C=O) groups excluding carboxylic acids is 1. The number of nitro benzene ring substituents is 1. The number of carbonyl (C=O) groups is 1. The molecule has 10 heteroatoms. The highest BCUT2D eigenvalue weighted by molar-refractivity contribution is 9.10. The summed E-state index contributed by atoms with van der Waals surface area (Å²) in [6, 6.07) is 13.1. The molecule has 0 spiro atoms. The van der Waals surface area contributed by atoms with Crippen LogP contribution in [-0.4, -0.2) is 50.7 Å². The predicted octanol–water partition coefficient (Wildman–Crippen LogP) is 5.11. The third-order valence-electron chi connectivity index (χ3n) is 6.49. The highest BCUT2D eigenvalue weighted by Crippen LogP contribution is 2.42. The molecule has 0 saturated heterocycles. The summed E-state index contributed by atoms with van der Waals surface area (Å²) in [7, 11) is 6.21. The Morgan fingerprint density at radius 3 is 2.24 bits per heavy atom. The minimum absolute atomic E-state index is 0.0415. The second-order valence-corrected chi connectivity index (χ2v) is 9.33. The maximum absolute atomic E-state index is 13.8. The lowest BCUT2D eigenvalue weighted by Crippen LogP contribution is -2.41. The van der Waals surface area contributed by atoms with Crippen LogP contribution in [0, 0.1) is 10.1 Å². The third kappa shape index (κ3) is 5.20. The van der Waals surface area contributed by atoms with Gasteiger partial charge in [0.1, 0.15) is 0 Å². The lowest BCUT2D eigenvalue weighted by molar-refractivity contribution is -0.384. The average molecular weight is 571 g/mol. The summed E-state index contributed by atoms with van der Waals surface area (Å²) in [4.78, 5) is 26.7. The highest BCUT2D eigenvalue weighted by Gasteiger charge is 2.34. The summed E-state index contributed by atoms with van der Waals surface area (Å²) in [6.45, 7) is 0.430. The van der Waals surface area contributed by atoms with Gasteiger partial charge in [-0.05, 0) is 52.9 Å². The van der Waals surface area contributed by atoms with Crippen molar-refractivity contribution in [2.75, 3.05) is 35.0 Å². The minimum Gasteiger partial charge on any atom is -0.493 e. The van der Waals surface area contributed by atoms with Gasteiger partial charge in [0, 0.05) is 23.2 Å². The van der Waals surface area contributed by atoms with Crippen LogP contribution in [0.5, 0.6) is 23.0 Å². The van der Waals surface area contributed by atoms with Crippen LogP contribution in [0.25, 0.3) is 0 Å². The first-order chi connectivity index (χ1) is 17.8. The van der Waals surface area contributed by atoms with Gasteiger partial charge in [0.05, 0.1) is 45.8 Å². The maximum atomic E-state index is 13.8. The molecule has 0 N–H and O–H groups in total. The molecule has 9 nitrogen and oxygen atoms in total. The summed E-state index contributed by atoms with van der Waals surface area (Å²) >= 11 is 3.54. The zero-order valence-corrected chi connectivity index (χ0v) is 22.5. The van der Waals surface area contributed by atoms with Gasteiger partial charge in [-0.15, -0.1) is 0 Å². The Morgan fingerprint density at radius 1 is 0.973 bits per heavy atom. The van der Waals surface area contributed by atoms with Crippen molar-refractivity contribution in [3.05, 3.63) is 85.4 Å². The van der Waals surface area contributed by atoms with E-state index in [-0.39, 0.29) is 18.0 Å². The van der Waals surface area contributed by atoms with Crippen LogP contribution in [0.2, 0.25) is 0 Å². The summed E-state index contributed by atoms with van der Waals surface area (Å²) in [5.74, 6) is 2.05. The van der Waals surface area contributed by atoms with Crippen LogP contribution in [-0.2, 0) is 17.6 Å². The molecular weight excluding hydrogens is 544 g/mol. The van der Waals surface area contributed by atoms with Gasteiger partial charge < -0.3 is 23.8 Å². The number of nitro groups is 1. The quantitative estimate of drug-likeness (QED) is 0.274. The molecule has 4 rings (SSSR count). The predicted molar refractivity (Wildman–Crippen MR) is 141 cm³/mol. The molecule has 0 unspecified atom stereocenters. The van der Waals surface area contributed by atoms with Gasteiger partial charge in [0.2, 0.25) is 5.91 Å². The van der Waals surface area contributed by atoms with E-state index < -0.39 is 11.0 Å². The van der Waals surface area contributed by atoms with Crippen molar-refractivity contribution in [2.24, 2.45) is 0 Å². The Labute approximate surface area is 223 Å². The van der Waals surface area contributed by atoms with E-state index in [1.807, 2.05) is 12.1 Å². The molecule has 0 aliphatic carbocycles. The van der Waals surface area contributed by atoms with E-state index in [0.717, 1.165) is 16.7 Å². The van der Waals surface area contributed by atoms with E-state index in [1.54, 1.807) is 57.6 Å². The summed E-state index contributed by atoms with van der Waals surface area (Å²) < 4.78 is 22.5. The number of fused-ring (bicyclic) bond motifs is 1. The molecule has 0 saturated carbocycles. The van der Waals surface area contributed by atoms with Crippen molar-refractivity contribution in [2.45, 2.75) is 18.9 Å². The number of hydrogen-bond donors (Lipinski definition) is 0. The molecule has 1 atom stereocenters. The fraction of sp³-hybridized carbons (Fsp3) is 0.296. The van der Waals surface area contributed by atoms with Crippen molar-refractivity contribution in [1.82, 2.24) is 4.90 Å². The second-order valence-electron chi connectivity index (χ2n) is 8.47. The Hall–Kier alpha value is -3.79. The van der Waals surface area contributed by atoms with Crippen molar-refractivity contribution < 1.29 is 28.7 Å². The number of methoxy groups -OCH3 is 4. The number of rotatable bonds is 8. The van der Waals surface area contributed by atoms with Crippen molar-refractivity contribution in [1.29, 1.82) is 0 Å². The first kappa shape index (κ1) is 26.3. The van der Waals surface area contributed by atoms with Crippen LogP contribution < -0.4 is 18.9 Å². The normalized spacial score (nSPS) is 14.5. The lowest BCUT2D eigenvalue weighted by Gasteiger charge is -2.38. The average Bonchev–Trinajstić information content (AvgIpc) is 2.92. The van der Waals surface area contributed by atoms with Gasteiger partial charge in [-0.2, -0.15) is 0 Å². The van der Waals surface area contributed by atoms with E-state index in [0.29, 0.717) is 46.0 Å². The summed E-state index contributed by atoms with van der Waals surface area (Å²) in [6.07, 6.45) is 0.689. The van der Waals surface area contributed by atoms with Crippen LogP contribution in [0.3, 0.4) is 0 Å². The highest BCUT2D eigenvalue weighted by atomic mass is 79.9. The van der Waals surface area contributed by atoms with E-state index >= 15 is 0 Å². The number of amides is 1. The van der Waals surface area contributed by atoms with Gasteiger partial charge >= 0.3 is 0 Å². The standard InChI is InChI=1S/C27H27BrN2O7/c1-34-22-11-16-8-9-29(26(31)13-18-12-23(35-2)25(37-4)15-21(18)28)27(20(16)14-24(22)36-3)17-6-5-7-19(10-17)30(32)33/h5-7,10-12,14-15,27H,8-9,13H2,1-4H3/t27-/m0/s1. The first-order valence-corrected chi connectivity index (χ1v) is 12.3. The summed E-state index contributed by atoms with van der Waals surface area (Å²) in [5, 5.41) is 11.5. The van der Waals surface area contributed by atoms with Gasteiger partial charge in [0.25, 0.3) is 5.69 Å². The van der Waals surface area contributed by atoms with E-state index in [4.69, 9.17) is 18.9 Å². The monoisotopic (exact) mass is 570 g/mol. The topological polar surface area (TPSA) is 100 Å². The van der Waals surface area contributed by atoms with Gasteiger partial charge in [-0.1, -0.05) is 28.1 Å². The number of benzene rings is 3. The number of halogens is 1. The molecule has 3 aromatic carbocycles. The molecule has 0 radical (unpaired) electrons. The molecule has 37 heavy (non-hydrogen) atoms. The molecule has 1 amide bonds. The van der Waals surface area contributed by atoms with Crippen molar-refractivity contribution in [3.8, 4) is 23.0 Å². The molecule has 3 aromatic rings. The van der Waals surface area contributed by atoms with E-state index in [9.17, 15) is 14.9 Å². The minimum atomic E-state index is -0.546. The second kappa shape index (κ2) is 11.1. The Morgan fingerprint density at radius 2 is 1.59 bits per heavy atom. The number of hydrogen-bond acceptors (Lipinski definition) is 7. The SMILES string of the molecule is COc1cc(Br)c(CC(=O)N2CCc3cc(OC)c(OC)cc3[C@@H]2c2cccc([N+](=O)[O-])c2)cc1OC. The Bertz CT molecular complexity index is 1340. The molecule has 1 aliphatic rings. The van der Waals surface area contributed by atoms with Gasteiger partial charge in [-0.25, -0.2) is 0 Å². The van der Waals surface area contributed by atoms with Crippen LogP contribution in [0.1, 0.15) is 28.3 Å².